The Kier molecular flexibility index (Phi) is 4.48. The molecule has 1 aromatic carbocycles. The van der Waals surface area contributed by atoms with E-state index in [-0.39, 0.29) is 11.7 Å². The highest BCUT2D eigenvalue weighted by Crippen LogP contribution is 2.39. The summed E-state index contributed by atoms with van der Waals surface area (Å²) in [5, 5.41) is 4.82. The fourth-order valence-electron chi connectivity index (χ4n) is 3.22. The molecule has 0 radical (unpaired) electrons. The second-order valence-electron chi connectivity index (χ2n) is 6.24. The average molecular weight is 362 g/mol. The molecule has 5 nitrogen and oxygen atoms in total. The van der Waals surface area contributed by atoms with E-state index in [1.165, 1.54) is 23.5 Å². The van der Waals surface area contributed by atoms with Crippen molar-refractivity contribution in [3.63, 3.8) is 0 Å². The first-order chi connectivity index (χ1) is 12.2. The molecule has 1 N–H and O–H groups in total. The molecule has 7 heteroatoms. The van der Waals surface area contributed by atoms with E-state index >= 15 is 0 Å². The SMILES string of the molecule is O=C(NC[C@@H]1CCN(c2ccc(F)cc2)C1)c1scc2c1OCCO2. The van der Waals surface area contributed by atoms with Crippen molar-refractivity contribution in [2.24, 2.45) is 5.92 Å². The van der Waals surface area contributed by atoms with Crippen LogP contribution in [0.4, 0.5) is 10.1 Å². The van der Waals surface area contributed by atoms with Crippen LogP contribution in [-0.4, -0.2) is 38.8 Å². The van der Waals surface area contributed by atoms with Crippen LogP contribution in [0.1, 0.15) is 16.1 Å². The number of carbonyl (C=O) groups is 1. The zero-order valence-corrected chi connectivity index (χ0v) is 14.5. The van der Waals surface area contributed by atoms with Gasteiger partial charge in [-0.3, -0.25) is 4.79 Å². The summed E-state index contributed by atoms with van der Waals surface area (Å²) >= 11 is 1.35. The van der Waals surface area contributed by atoms with Crippen LogP contribution in [0.15, 0.2) is 29.6 Å². The minimum atomic E-state index is -0.225. The summed E-state index contributed by atoms with van der Waals surface area (Å²) in [7, 11) is 0. The minimum absolute atomic E-state index is 0.114. The van der Waals surface area contributed by atoms with Crippen LogP contribution in [-0.2, 0) is 0 Å². The maximum atomic E-state index is 13.0. The summed E-state index contributed by atoms with van der Waals surface area (Å²) in [6.45, 7) is 3.38. The molecule has 1 aromatic heterocycles. The van der Waals surface area contributed by atoms with Gasteiger partial charge < -0.3 is 19.7 Å². The standard InChI is InChI=1S/C18H19FN2O3S/c19-13-1-3-14(4-2-13)21-6-5-12(10-21)9-20-18(22)17-16-15(11-25-17)23-7-8-24-16/h1-4,11-12H,5-10H2,(H,20,22)/t12-/m0/s1. The molecule has 25 heavy (non-hydrogen) atoms. The highest BCUT2D eigenvalue weighted by Gasteiger charge is 2.26. The number of thiophene rings is 1. The second-order valence-corrected chi connectivity index (χ2v) is 7.12. The van der Waals surface area contributed by atoms with Gasteiger partial charge >= 0.3 is 0 Å². The molecule has 2 aromatic rings. The summed E-state index contributed by atoms with van der Waals surface area (Å²) in [5.41, 5.74) is 1.02. The smallest absolute Gasteiger partial charge is 0.265 e. The first kappa shape index (κ1) is 16.2. The maximum Gasteiger partial charge on any atom is 0.265 e. The van der Waals surface area contributed by atoms with Crippen molar-refractivity contribution < 1.29 is 18.7 Å². The van der Waals surface area contributed by atoms with Crippen LogP contribution < -0.4 is 19.7 Å². The molecular weight excluding hydrogens is 343 g/mol. The van der Waals surface area contributed by atoms with Crippen LogP contribution >= 0.6 is 11.3 Å². The Hall–Kier alpha value is -2.28. The lowest BCUT2D eigenvalue weighted by Crippen LogP contribution is -2.31. The van der Waals surface area contributed by atoms with Gasteiger partial charge in [0.15, 0.2) is 11.5 Å². The van der Waals surface area contributed by atoms with Crippen LogP contribution in [0, 0.1) is 11.7 Å². The van der Waals surface area contributed by atoms with E-state index in [1.807, 2.05) is 5.38 Å². The van der Waals surface area contributed by atoms with E-state index in [0.29, 0.717) is 42.1 Å². The number of rotatable bonds is 4. The molecule has 4 rings (SSSR count). The molecule has 132 valence electrons. The number of hydrogen-bond acceptors (Lipinski definition) is 5. The van der Waals surface area contributed by atoms with Crippen molar-refractivity contribution in [1.29, 1.82) is 0 Å². The summed E-state index contributed by atoms with van der Waals surface area (Å²) < 4.78 is 24.1. The quantitative estimate of drug-likeness (QED) is 0.909. The van der Waals surface area contributed by atoms with E-state index < -0.39 is 0 Å². The monoisotopic (exact) mass is 362 g/mol. The third-order valence-corrected chi connectivity index (χ3v) is 5.47. The predicted octanol–water partition coefficient (Wildman–Crippen LogP) is 2.91. The Balaban J connectivity index is 1.32. The molecule has 1 fully saturated rings. The molecule has 2 aliphatic heterocycles. The van der Waals surface area contributed by atoms with Gasteiger partial charge in [-0.25, -0.2) is 4.39 Å². The Bertz CT molecular complexity index is 762. The van der Waals surface area contributed by atoms with Gasteiger partial charge in [0, 0.05) is 30.7 Å². The van der Waals surface area contributed by atoms with E-state index in [4.69, 9.17) is 9.47 Å². The first-order valence-corrected chi connectivity index (χ1v) is 9.24. The van der Waals surface area contributed by atoms with E-state index in [2.05, 4.69) is 10.2 Å². The molecule has 0 spiro atoms. The van der Waals surface area contributed by atoms with Gasteiger partial charge in [-0.2, -0.15) is 0 Å². The van der Waals surface area contributed by atoms with Crippen LogP contribution in [0.25, 0.3) is 0 Å². The molecule has 2 aliphatic rings. The summed E-state index contributed by atoms with van der Waals surface area (Å²) in [6.07, 6.45) is 1.000. The molecule has 0 aliphatic carbocycles. The number of hydrogen-bond donors (Lipinski definition) is 1. The lowest BCUT2D eigenvalue weighted by atomic mass is 10.1. The zero-order valence-electron chi connectivity index (χ0n) is 13.7. The number of halogens is 1. The van der Waals surface area contributed by atoms with Gasteiger partial charge in [-0.05, 0) is 36.6 Å². The Morgan fingerprint density at radius 1 is 1.28 bits per heavy atom. The predicted molar refractivity (Wildman–Crippen MR) is 94.4 cm³/mol. The molecule has 0 bridgehead atoms. The molecule has 3 heterocycles. The molecule has 1 atom stereocenters. The third-order valence-electron chi connectivity index (χ3n) is 4.54. The maximum absolute atomic E-state index is 13.0. The van der Waals surface area contributed by atoms with Crippen LogP contribution in [0.5, 0.6) is 11.5 Å². The largest absolute Gasteiger partial charge is 0.485 e. The fraction of sp³-hybridized carbons (Fsp3) is 0.389. The summed E-state index contributed by atoms with van der Waals surface area (Å²) in [6, 6.07) is 6.55. The van der Waals surface area contributed by atoms with Crippen LogP contribution in [0.3, 0.4) is 0 Å². The van der Waals surface area contributed by atoms with Gasteiger partial charge in [-0.1, -0.05) is 0 Å². The van der Waals surface area contributed by atoms with Crippen molar-refractivity contribution in [3.05, 3.63) is 40.3 Å². The van der Waals surface area contributed by atoms with Crippen LogP contribution in [0.2, 0.25) is 0 Å². The molecule has 0 saturated carbocycles. The summed E-state index contributed by atoms with van der Waals surface area (Å²) in [5.74, 6) is 1.26. The Morgan fingerprint density at radius 2 is 2.08 bits per heavy atom. The molecular formula is C18H19FN2O3S. The van der Waals surface area contributed by atoms with Crippen molar-refractivity contribution in [1.82, 2.24) is 5.32 Å². The lowest BCUT2D eigenvalue weighted by Gasteiger charge is -2.19. The fourth-order valence-corrected chi connectivity index (χ4v) is 4.07. The number of amides is 1. The Labute approximate surface area is 149 Å². The highest BCUT2D eigenvalue weighted by molar-refractivity contribution is 7.12. The third kappa shape index (κ3) is 3.42. The van der Waals surface area contributed by atoms with E-state index in [9.17, 15) is 9.18 Å². The van der Waals surface area contributed by atoms with Gasteiger partial charge in [0.25, 0.3) is 5.91 Å². The second kappa shape index (κ2) is 6.92. The highest BCUT2D eigenvalue weighted by atomic mass is 32.1. The van der Waals surface area contributed by atoms with Crippen molar-refractivity contribution >= 4 is 22.9 Å². The number of nitrogens with zero attached hydrogens (tertiary/aromatic N) is 1. The number of nitrogens with one attached hydrogen (secondary N) is 1. The zero-order chi connectivity index (χ0) is 17.2. The van der Waals surface area contributed by atoms with Crippen molar-refractivity contribution in [2.45, 2.75) is 6.42 Å². The Morgan fingerprint density at radius 3 is 2.92 bits per heavy atom. The van der Waals surface area contributed by atoms with E-state index in [1.54, 1.807) is 12.1 Å². The topological polar surface area (TPSA) is 50.8 Å². The molecule has 1 amide bonds. The van der Waals surface area contributed by atoms with Gasteiger partial charge in [0.2, 0.25) is 0 Å². The number of carbonyl (C=O) groups excluding carboxylic acids is 1. The number of anilines is 1. The van der Waals surface area contributed by atoms with E-state index in [0.717, 1.165) is 25.2 Å². The van der Waals surface area contributed by atoms with Gasteiger partial charge in [0.1, 0.15) is 23.9 Å². The number of fused-ring (bicyclic) bond motifs is 1. The minimum Gasteiger partial charge on any atom is -0.485 e. The molecule has 0 unspecified atom stereocenters. The van der Waals surface area contributed by atoms with Gasteiger partial charge in [0.05, 0.1) is 0 Å². The first-order valence-electron chi connectivity index (χ1n) is 8.36. The number of ether oxygens (including phenoxy) is 2. The van der Waals surface area contributed by atoms with Crippen molar-refractivity contribution in [3.8, 4) is 11.5 Å². The van der Waals surface area contributed by atoms with Crippen molar-refractivity contribution in [2.75, 3.05) is 37.7 Å². The normalized spacial score (nSPS) is 19.1. The van der Waals surface area contributed by atoms with Gasteiger partial charge in [-0.15, -0.1) is 11.3 Å². The summed E-state index contributed by atoms with van der Waals surface area (Å²) in [4.78, 5) is 15.2. The molecule has 1 saturated heterocycles. The average Bonchev–Trinajstić information content (AvgIpc) is 3.27. The number of benzene rings is 1. The lowest BCUT2D eigenvalue weighted by molar-refractivity contribution is 0.0943.